The summed E-state index contributed by atoms with van der Waals surface area (Å²) in [7, 11) is 0. The summed E-state index contributed by atoms with van der Waals surface area (Å²) in [6.45, 7) is 0. The van der Waals surface area contributed by atoms with Gasteiger partial charge in [-0.1, -0.05) is 84.9 Å². The van der Waals surface area contributed by atoms with Crippen molar-refractivity contribution in [1.29, 1.82) is 0 Å². The topological polar surface area (TPSA) is 49.8 Å². The summed E-state index contributed by atoms with van der Waals surface area (Å²) in [5.41, 5.74) is 16.6. The van der Waals surface area contributed by atoms with E-state index in [1.165, 1.54) is 44.8 Å². The molecule has 0 bridgehead atoms. The Kier molecular flexibility index (Phi) is 6.03. The van der Waals surface area contributed by atoms with Crippen molar-refractivity contribution in [2.75, 3.05) is 10.6 Å². The number of anilines is 4. The molecule has 0 fully saturated rings. The summed E-state index contributed by atoms with van der Waals surface area (Å²) in [5, 5.41) is 7.88. The largest absolute Gasteiger partial charge is 0.354 e. The van der Waals surface area contributed by atoms with Gasteiger partial charge in [0.15, 0.2) is 0 Å². The molecule has 8 rings (SSSR count). The smallest absolute Gasteiger partial charge is 0.0722 e. The van der Waals surface area contributed by atoms with E-state index < -0.39 is 0 Å². The molecule has 0 saturated carbocycles. The highest BCUT2D eigenvalue weighted by Crippen LogP contribution is 2.46. The third-order valence-electron chi connectivity index (χ3n) is 8.60. The molecule has 202 valence electrons. The third-order valence-corrected chi connectivity index (χ3v) is 8.60. The van der Waals surface area contributed by atoms with Crippen molar-refractivity contribution in [3.63, 3.8) is 0 Å². The molecular formula is C38H30N4. The molecule has 4 heteroatoms. The number of aromatic nitrogens is 2. The first-order chi connectivity index (χ1) is 20.8. The summed E-state index contributed by atoms with van der Waals surface area (Å²) in [5.74, 6) is 0. The minimum Gasteiger partial charge on any atom is -0.354 e. The Morgan fingerprint density at radius 2 is 0.714 bits per heavy atom. The summed E-state index contributed by atoms with van der Waals surface area (Å²) < 4.78 is 0. The number of para-hydroxylation sites is 4. The van der Waals surface area contributed by atoms with Gasteiger partial charge in [-0.15, -0.1) is 0 Å². The monoisotopic (exact) mass is 542 g/mol. The summed E-state index contributed by atoms with van der Waals surface area (Å²) >= 11 is 0. The highest BCUT2D eigenvalue weighted by atomic mass is 14.9. The van der Waals surface area contributed by atoms with Crippen molar-refractivity contribution in [1.82, 2.24) is 9.97 Å². The van der Waals surface area contributed by atoms with Crippen LogP contribution in [0, 0.1) is 0 Å². The van der Waals surface area contributed by atoms with E-state index in [-0.39, 0.29) is 0 Å². The summed E-state index contributed by atoms with van der Waals surface area (Å²) in [4.78, 5) is 9.38. The van der Waals surface area contributed by atoms with Gasteiger partial charge in [-0.25, -0.2) is 0 Å². The van der Waals surface area contributed by atoms with Crippen LogP contribution in [0.15, 0.2) is 122 Å². The Balaban J connectivity index is 1.28. The number of rotatable bonds is 3. The molecular weight excluding hydrogens is 512 g/mol. The number of nitrogens with zero attached hydrogens (tertiary/aromatic N) is 2. The highest BCUT2D eigenvalue weighted by molar-refractivity contribution is 5.96. The molecule has 0 spiro atoms. The van der Waals surface area contributed by atoms with Crippen molar-refractivity contribution >= 4 is 22.7 Å². The van der Waals surface area contributed by atoms with Crippen LogP contribution in [0.2, 0.25) is 0 Å². The number of benzene rings is 4. The molecule has 0 amide bonds. The maximum absolute atomic E-state index is 4.69. The Bertz CT molecular complexity index is 1790. The average molecular weight is 543 g/mol. The van der Waals surface area contributed by atoms with Gasteiger partial charge in [-0.2, -0.15) is 0 Å². The van der Waals surface area contributed by atoms with Gasteiger partial charge in [0.2, 0.25) is 0 Å². The van der Waals surface area contributed by atoms with Gasteiger partial charge in [0.25, 0.3) is 0 Å². The molecule has 2 N–H and O–H groups in total. The Hall–Kier alpha value is -5.22. The van der Waals surface area contributed by atoms with Gasteiger partial charge < -0.3 is 10.6 Å². The Morgan fingerprint density at radius 1 is 0.357 bits per heavy atom. The van der Waals surface area contributed by atoms with E-state index in [0.29, 0.717) is 0 Å². The van der Waals surface area contributed by atoms with Gasteiger partial charge in [0.05, 0.1) is 22.8 Å². The predicted molar refractivity (Wildman–Crippen MR) is 173 cm³/mol. The van der Waals surface area contributed by atoms with E-state index in [0.717, 1.165) is 59.6 Å². The minimum absolute atomic E-state index is 0.976. The first-order valence-electron chi connectivity index (χ1n) is 14.7. The van der Waals surface area contributed by atoms with E-state index in [4.69, 9.17) is 9.97 Å². The summed E-state index contributed by atoms with van der Waals surface area (Å²) in [6.07, 6.45) is 7.64. The average Bonchev–Trinajstić information content (AvgIpc) is 3.37. The molecule has 2 aliphatic heterocycles. The predicted octanol–water partition coefficient (Wildman–Crippen LogP) is 9.16. The van der Waals surface area contributed by atoms with Crippen molar-refractivity contribution in [2.24, 2.45) is 0 Å². The lowest BCUT2D eigenvalue weighted by atomic mass is 9.94. The van der Waals surface area contributed by atoms with E-state index in [1.807, 2.05) is 24.5 Å². The van der Waals surface area contributed by atoms with Crippen molar-refractivity contribution in [3.8, 4) is 33.6 Å². The molecule has 0 radical (unpaired) electrons. The second-order valence-electron chi connectivity index (χ2n) is 11.0. The molecule has 0 aliphatic carbocycles. The zero-order valence-electron chi connectivity index (χ0n) is 23.3. The van der Waals surface area contributed by atoms with E-state index >= 15 is 0 Å². The standard InChI is InChI=1S/C38H30N4/c1-3-23-39-33(17-1)31-15-7-11-27-21-19-25-9-5-13-29(35(25)41-37(27)31)30-14-6-10-26-20-22-28-12-8-16-32(38(28)42-36(26)30)34-18-2-4-24-40-34/h1-18,23-24,41-42H,19-22H2. The quantitative estimate of drug-likeness (QED) is 0.234. The molecule has 6 aromatic rings. The first kappa shape index (κ1) is 24.6. The van der Waals surface area contributed by atoms with Crippen molar-refractivity contribution in [3.05, 3.63) is 144 Å². The van der Waals surface area contributed by atoms with Gasteiger partial charge in [0.1, 0.15) is 0 Å². The van der Waals surface area contributed by atoms with Gasteiger partial charge in [0, 0.05) is 46.0 Å². The number of pyridine rings is 2. The van der Waals surface area contributed by atoms with Crippen LogP contribution in [0.25, 0.3) is 33.6 Å². The second kappa shape index (κ2) is 10.3. The normalized spacial score (nSPS) is 13.2. The third kappa shape index (κ3) is 4.24. The minimum atomic E-state index is 0.976. The summed E-state index contributed by atoms with van der Waals surface area (Å²) in [6, 6.07) is 38.8. The maximum Gasteiger partial charge on any atom is 0.0722 e. The number of aryl methyl sites for hydroxylation is 4. The fourth-order valence-corrected chi connectivity index (χ4v) is 6.53. The van der Waals surface area contributed by atoms with Crippen LogP contribution in [-0.4, -0.2) is 9.97 Å². The van der Waals surface area contributed by atoms with Crippen LogP contribution in [-0.2, 0) is 25.7 Å². The van der Waals surface area contributed by atoms with Crippen LogP contribution < -0.4 is 10.6 Å². The lowest BCUT2D eigenvalue weighted by molar-refractivity contribution is 0.976. The molecule has 2 aliphatic rings. The van der Waals surface area contributed by atoms with Crippen molar-refractivity contribution < 1.29 is 0 Å². The van der Waals surface area contributed by atoms with Crippen LogP contribution in [0.1, 0.15) is 22.3 Å². The molecule has 0 saturated heterocycles. The lowest BCUT2D eigenvalue weighted by Crippen LogP contribution is -2.02. The van der Waals surface area contributed by atoms with Gasteiger partial charge >= 0.3 is 0 Å². The van der Waals surface area contributed by atoms with E-state index in [2.05, 4.69) is 108 Å². The Morgan fingerprint density at radius 3 is 1.07 bits per heavy atom. The molecule has 0 unspecified atom stereocenters. The van der Waals surface area contributed by atoms with Crippen molar-refractivity contribution in [2.45, 2.75) is 25.7 Å². The zero-order chi connectivity index (χ0) is 27.9. The fraction of sp³-hybridized carbons (Fsp3) is 0.105. The number of nitrogens with one attached hydrogen (secondary N) is 2. The van der Waals surface area contributed by atoms with Crippen LogP contribution in [0.3, 0.4) is 0 Å². The first-order valence-corrected chi connectivity index (χ1v) is 14.7. The zero-order valence-corrected chi connectivity index (χ0v) is 23.3. The SMILES string of the molecule is c1ccc(-c2cccc3c2Nc2c(cccc2-c2cccc4c2Nc2c(cccc2-c2ccccn2)CC4)CC3)nc1. The van der Waals surface area contributed by atoms with Crippen LogP contribution in [0.4, 0.5) is 22.7 Å². The van der Waals surface area contributed by atoms with Gasteiger partial charge in [-0.05, 0) is 72.2 Å². The second-order valence-corrected chi connectivity index (χ2v) is 11.0. The molecule has 4 heterocycles. The Labute approximate surface area is 246 Å². The molecule has 42 heavy (non-hydrogen) atoms. The van der Waals surface area contributed by atoms with Crippen LogP contribution in [0.5, 0.6) is 0 Å². The number of fused-ring (bicyclic) bond motifs is 4. The molecule has 0 atom stereocenters. The number of hydrogen-bond acceptors (Lipinski definition) is 4. The molecule has 4 nitrogen and oxygen atoms in total. The van der Waals surface area contributed by atoms with Crippen LogP contribution >= 0.6 is 0 Å². The molecule has 4 aromatic carbocycles. The van der Waals surface area contributed by atoms with Gasteiger partial charge in [-0.3, -0.25) is 9.97 Å². The van der Waals surface area contributed by atoms with E-state index in [9.17, 15) is 0 Å². The fourth-order valence-electron chi connectivity index (χ4n) is 6.53. The molecule has 2 aromatic heterocycles. The highest BCUT2D eigenvalue weighted by Gasteiger charge is 2.24. The maximum atomic E-state index is 4.69. The lowest BCUT2D eigenvalue weighted by Gasteiger charge is -2.21. The van der Waals surface area contributed by atoms with E-state index in [1.54, 1.807) is 0 Å². The number of hydrogen-bond donors (Lipinski definition) is 2.